The van der Waals surface area contributed by atoms with Crippen LogP contribution in [0.15, 0.2) is 77.7 Å². The van der Waals surface area contributed by atoms with E-state index in [2.05, 4.69) is 10.2 Å². The summed E-state index contributed by atoms with van der Waals surface area (Å²) < 4.78 is 73.0. The van der Waals surface area contributed by atoms with E-state index in [0.717, 1.165) is 48.1 Å². The topological polar surface area (TPSA) is 79.0 Å². The number of amides is 1. The third-order valence-corrected chi connectivity index (χ3v) is 7.95. The van der Waals surface area contributed by atoms with Gasteiger partial charge in [-0.1, -0.05) is 35.9 Å². The van der Waals surface area contributed by atoms with Crippen molar-refractivity contribution < 1.29 is 31.1 Å². The number of aryl methyl sites for hydroxylation is 1. The van der Waals surface area contributed by atoms with Crippen LogP contribution < -0.4 is 14.5 Å². The standard InChI is InChI=1S/C27H28F3N3O4S/c1-20-5-11-25(12-6-20)38(35,36)33(24-4-2-3-22(17-24)27(28,29)30)19-26(34)31-18-21-7-9-23(10-8-21)32-13-15-37-16-14-32/h2-12,17H,13-16,18-19H2,1H3,(H,31,34). The number of halogens is 3. The molecule has 1 aliphatic rings. The molecule has 0 radical (unpaired) electrons. The van der Waals surface area contributed by atoms with E-state index in [4.69, 9.17) is 4.74 Å². The van der Waals surface area contributed by atoms with E-state index in [1.165, 1.54) is 18.2 Å². The van der Waals surface area contributed by atoms with Crippen molar-refractivity contribution in [3.05, 3.63) is 89.5 Å². The Kier molecular flexibility index (Phi) is 8.27. The molecule has 1 N–H and O–H groups in total. The summed E-state index contributed by atoms with van der Waals surface area (Å²) in [6.45, 7) is 4.11. The van der Waals surface area contributed by atoms with Crippen LogP contribution in [0.4, 0.5) is 24.5 Å². The molecular weight excluding hydrogens is 519 g/mol. The fraction of sp³-hybridized carbons (Fsp3) is 0.296. The molecule has 1 saturated heterocycles. The smallest absolute Gasteiger partial charge is 0.378 e. The maximum absolute atomic E-state index is 13.5. The van der Waals surface area contributed by atoms with Gasteiger partial charge in [0.15, 0.2) is 0 Å². The highest BCUT2D eigenvalue weighted by atomic mass is 32.2. The van der Waals surface area contributed by atoms with E-state index < -0.39 is 34.2 Å². The lowest BCUT2D eigenvalue weighted by molar-refractivity contribution is -0.137. The van der Waals surface area contributed by atoms with Crippen LogP contribution in [0.3, 0.4) is 0 Å². The van der Waals surface area contributed by atoms with E-state index in [0.29, 0.717) is 17.5 Å². The molecule has 0 spiro atoms. The van der Waals surface area contributed by atoms with Gasteiger partial charge in [0.25, 0.3) is 10.0 Å². The molecule has 11 heteroatoms. The molecule has 3 aromatic carbocycles. The number of anilines is 2. The van der Waals surface area contributed by atoms with Crippen LogP contribution >= 0.6 is 0 Å². The van der Waals surface area contributed by atoms with Crippen LogP contribution in [0.1, 0.15) is 16.7 Å². The maximum atomic E-state index is 13.5. The van der Waals surface area contributed by atoms with Crippen LogP contribution in [-0.4, -0.2) is 47.2 Å². The van der Waals surface area contributed by atoms with Gasteiger partial charge in [-0.2, -0.15) is 13.2 Å². The Morgan fingerprint density at radius 1 is 1.00 bits per heavy atom. The normalized spacial score (nSPS) is 14.3. The summed E-state index contributed by atoms with van der Waals surface area (Å²) in [4.78, 5) is 14.9. The zero-order chi connectivity index (χ0) is 27.3. The van der Waals surface area contributed by atoms with Gasteiger partial charge in [-0.15, -0.1) is 0 Å². The second-order valence-electron chi connectivity index (χ2n) is 8.92. The first-order valence-corrected chi connectivity index (χ1v) is 13.4. The SMILES string of the molecule is Cc1ccc(S(=O)(=O)N(CC(=O)NCc2ccc(N3CCOCC3)cc2)c2cccc(C(F)(F)F)c2)cc1. The first-order chi connectivity index (χ1) is 18.0. The van der Waals surface area contributed by atoms with Gasteiger partial charge < -0.3 is 15.0 Å². The molecule has 0 bridgehead atoms. The highest BCUT2D eigenvalue weighted by Gasteiger charge is 2.33. The minimum absolute atomic E-state index is 0.128. The number of ether oxygens (including phenoxy) is 1. The summed E-state index contributed by atoms with van der Waals surface area (Å²) in [5.74, 6) is -0.657. The van der Waals surface area contributed by atoms with Crippen LogP contribution in [0.5, 0.6) is 0 Å². The average molecular weight is 548 g/mol. The molecule has 4 rings (SSSR count). The van der Waals surface area contributed by atoms with Crippen LogP contribution in [-0.2, 0) is 32.3 Å². The van der Waals surface area contributed by atoms with Gasteiger partial charge in [0.05, 0.1) is 29.4 Å². The van der Waals surface area contributed by atoms with Gasteiger partial charge in [0.2, 0.25) is 5.91 Å². The molecule has 38 heavy (non-hydrogen) atoms. The second-order valence-corrected chi connectivity index (χ2v) is 10.8. The molecule has 1 fully saturated rings. The third kappa shape index (κ3) is 6.65. The summed E-state index contributed by atoms with van der Waals surface area (Å²) in [7, 11) is -4.34. The number of carbonyl (C=O) groups excluding carboxylic acids is 1. The van der Waals surface area contributed by atoms with Crippen molar-refractivity contribution in [1.82, 2.24) is 5.32 Å². The molecule has 0 unspecified atom stereocenters. The molecular formula is C27H28F3N3O4S. The van der Waals surface area contributed by atoms with Crippen LogP contribution in [0, 0.1) is 6.92 Å². The van der Waals surface area contributed by atoms with E-state index in [1.807, 2.05) is 24.3 Å². The first-order valence-electron chi connectivity index (χ1n) is 12.0. The van der Waals surface area contributed by atoms with E-state index in [-0.39, 0.29) is 17.1 Å². The van der Waals surface area contributed by atoms with Crippen molar-refractivity contribution in [2.75, 3.05) is 42.1 Å². The minimum Gasteiger partial charge on any atom is -0.378 e. The predicted molar refractivity (Wildman–Crippen MR) is 138 cm³/mol. The second kappa shape index (κ2) is 11.4. The zero-order valence-corrected chi connectivity index (χ0v) is 21.6. The summed E-state index contributed by atoms with van der Waals surface area (Å²) in [5.41, 5.74) is 1.36. The largest absolute Gasteiger partial charge is 0.416 e. The van der Waals surface area contributed by atoms with E-state index in [9.17, 15) is 26.4 Å². The quantitative estimate of drug-likeness (QED) is 0.454. The monoisotopic (exact) mass is 547 g/mol. The lowest BCUT2D eigenvalue weighted by Crippen LogP contribution is -2.40. The minimum atomic E-state index is -4.68. The molecule has 3 aromatic rings. The van der Waals surface area contributed by atoms with E-state index in [1.54, 1.807) is 19.1 Å². The Labute approximate surface area is 219 Å². The number of hydrogen-bond acceptors (Lipinski definition) is 5. The Morgan fingerprint density at radius 2 is 1.66 bits per heavy atom. The molecule has 1 heterocycles. The number of nitrogens with zero attached hydrogens (tertiary/aromatic N) is 2. The number of sulfonamides is 1. The lowest BCUT2D eigenvalue weighted by Gasteiger charge is -2.29. The number of benzene rings is 3. The molecule has 202 valence electrons. The average Bonchev–Trinajstić information content (AvgIpc) is 2.91. The van der Waals surface area contributed by atoms with E-state index >= 15 is 0 Å². The van der Waals surface area contributed by atoms with Crippen molar-refractivity contribution in [2.24, 2.45) is 0 Å². The van der Waals surface area contributed by atoms with Crippen molar-refractivity contribution in [3.8, 4) is 0 Å². The molecule has 0 saturated carbocycles. The maximum Gasteiger partial charge on any atom is 0.416 e. The van der Waals surface area contributed by atoms with Crippen LogP contribution in [0.25, 0.3) is 0 Å². The fourth-order valence-electron chi connectivity index (χ4n) is 4.02. The summed E-state index contributed by atoms with van der Waals surface area (Å²) in [5, 5.41) is 2.67. The number of nitrogens with one attached hydrogen (secondary N) is 1. The van der Waals surface area contributed by atoms with Crippen molar-refractivity contribution in [1.29, 1.82) is 0 Å². The number of carbonyl (C=O) groups is 1. The molecule has 0 atom stereocenters. The van der Waals surface area contributed by atoms with Crippen LogP contribution in [0.2, 0.25) is 0 Å². The Balaban J connectivity index is 1.52. The van der Waals surface area contributed by atoms with Gasteiger partial charge in [-0.3, -0.25) is 9.10 Å². The molecule has 0 aromatic heterocycles. The molecule has 1 amide bonds. The Hall–Kier alpha value is -3.57. The van der Waals surface area contributed by atoms with Crippen molar-refractivity contribution >= 4 is 27.3 Å². The Bertz CT molecular complexity index is 1360. The van der Waals surface area contributed by atoms with Crippen molar-refractivity contribution in [2.45, 2.75) is 24.5 Å². The summed E-state index contributed by atoms with van der Waals surface area (Å²) in [6.07, 6.45) is -4.68. The van der Waals surface area contributed by atoms with Gasteiger partial charge in [0, 0.05) is 25.3 Å². The fourth-order valence-corrected chi connectivity index (χ4v) is 5.44. The third-order valence-electron chi connectivity index (χ3n) is 6.16. The number of alkyl halides is 3. The molecule has 0 aliphatic carbocycles. The lowest BCUT2D eigenvalue weighted by atomic mass is 10.2. The Morgan fingerprint density at radius 3 is 2.29 bits per heavy atom. The number of morpholine rings is 1. The molecule has 7 nitrogen and oxygen atoms in total. The highest BCUT2D eigenvalue weighted by Crippen LogP contribution is 2.33. The van der Waals surface area contributed by atoms with Gasteiger partial charge in [-0.05, 0) is 55.0 Å². The highest BCUT2D eigenvalue weighted by molar-refractivity contribution is 7.92. The van der Waals surface area contributed by atoms with Crippen molar-refractivity contribution in [3.63, 3.8) is 0 Å². The summed E-state index contributed by atoms with van der Waals surface area (Å²) in [6, 6.07) is 17.4. The van der Waals surface area contributed by atoms with Gasteiger partial charge >= 0.3 is 6.18 Å². The molecule has 1 aliphatic heterocycles. The number of hydrogen-bond donors (Lipinski definition) is 1. The summed E-state index contributed by atoms with van der Waals surface area (Å²) >= 11 is 0. The van der Waals surface area contributed by atoms with Gasteiger partial charge in [-0.25, -0.2) is 8.42 Å². The number of rotatable bonds is 8. The first kappa shape index (κ1) is 27.5. The zero-order valence-electron chi connectivity index (χ0n) is 20.7. The predicted octanol–water partition coefficient (Wildman–Crippen LogP) is 4.36. The van der Waals surface area contributed by atoms with Gasteiger partial charge in [0.1, 0.15) is 6.54 Å².